The lowest BCUT2D eigenvalue weighted by molar-refractivity contribution is -0.154. The van der Waals surface area contributed by atoms with E-state index in [0.717, 1.165) is 17.5 Å². The fraction of sp³-hybridized carbons (Fsp3) is 0.310. The van der Waals surface area contributed by atoms with Gasteiger partial charge in [0.15, 0.2) is 0 Å². The van der Waals surface area contributed by atoms with Crippen LogP contribution in [0.3, 0.4) is 0 Å². The average Bonchev–Trinajstić information content (AvgIpc) is 2.82. The van der Waals surface area contributed by atoms with Gasteiger partial charge in [0, 0.05) is 17.7 Å². The second-order valence-electron chi connectivity index (χ2n) is 9.23. The van der Waals surface area contributed by atoms with E-state index in [4.69, 9.17) is 9.47 Å². The van der Waals surface area contributed by atoms with Crippen LogP contribution < -0.4 is 10.1 Å². The van der Waals surface area contributed by atoms with Crippen molar-refractivity contribution in [2.45, 2.75) is 52.2 Å². The van der Waals surface area contributed by atoms with E-state index in [1.807, 2.05) is 37.3 Å². The summed E-state index contributed by atoms with van der Waals surface area (Å²) in [6, 6.07) is 21.2. The second-order valence-corrected chi connectivity index (χ2v) is 9.23. The number of hydrogen-bond acceptors (Lipinski definition) is 4. The number of amides is 1. The Hall–Kier alpha value is -3.67. The Morgan fingerprint density at radius 1 is 0.943 bits per heavy atom. The summed E-state index contributed by atoms with van der Waals surface area (Å²) in [6.45, 7) is 7.64. The summed E-state index contributed by atoms with van der Waals surface area (Å²) in [7, 11) is 0. The largest absolute Gasteiger partial charge is 0.486 e. The third-order valence-corrected chi connectivity index (χ3v) is 5.27. The molecule has 0 spiro atoms. The molecule has 0 aliphatic heterocycles. The first kappa shape index (κ1) is 25.9. The number of hydrogen-bond donors (Lipinski definition) is 1. The van der Waals surface area contributed by atoms with Gasteiger partial charge in [-0.15, -0.1) is 0 Å². The molecule has 3 aromatic rings. The molecule has 0 aliphatic rings. The highest BCUT2D eigenvalue weighted by molar-refractivity contribution is 5.94. The lowest BCUT2D eigenvalue weighted by atomic mass is 10.0. The van der Waals surface area contributed by atoms with E-state index in [0.29, 0.717) is 16.9 Å². The molecule has 5 nitrogen and oxygen atoms in total. The number of nitrogens with one attached hydrogen (secondary N) is 1. The molecule has 0 radical (unpaired) electrons. The Labute approximate surface area is 206 Å². The van der Waals surface area contributed by atoms with Gasteiger partial charge < -0.3 is 14.8 Å². The third kappa shape index (κ3) is 7.67. The fourth-order valence-electron chi connectivity index (χ4n) is 3.58. The van der Waals surface area contributed by atoms with Crippen LogP contribution in [-0.2, 0) is 9.53 Å². The van der Waals surface area contributed by atoms with Crippen molar-refractivity contribution in [3.8, 4) is 16.9 Å². The van der Waals surface area contributed by atoms with E-state index in [1.54, 1.807) is 57.2 Å². The van der Waals surface area contributed by atoms with Crippen LogP contribution in [0.2, 0.25) is 0 Å². The third-order valence-electron chi connectivity index (χ3n) is 5.27. The maximum atomic E-state index is 14.1. The van der Waals surface area contributed by atoms with Crippen LogP contribution in [0, 0.1) is 5.82 Å². The molecule has 1 atom stereocenters. The van der Waals surface area contributed by atoms with Crippen molar-refractivity contribution in [3.63, 3.8) is 0 Å². The molecular weight excluding hydrogens is 445 g/mol. The van der Waals surface area contributed by atoms with E-state index < -0.39 is 5.60 Å². The monoisotopic (exact) mass is 477 g/mol. The number of rotatable bonds is 9. The number of esters is 1. The maximum Gasteiger partial charge on any atom is 0.308 e. The molecule has 0 saturated carbocycles. The molecular formula is C29H32FNO4. The van der Waals surface area contributed by atoms with Crippen molar-refractivity contribution in [2.75, 3.05) is 6.54 Å². The molecule has 3 aromatic carbocycles. The van der Waals surface area contributed by atoms with E-state index >= 15 is 0 Å². The standard InChI is InChI=1S/C29H32FNO4/c1-5-26(21-12-10-20(11-13-21)24-8-6-7-9-25(24)30)34-23-16-14-22(15-17-23)28(33)31-19-18-27(32)35-29(2,3)4/h6-17,26H,5,18-19H2,1-4H3,(H,31,33)/t26-/m1/s1. The van der Waals surface area contributed by atoms with Gasteiger partial charge in [0.2, 0.25) is 0 Å². The smallest absolute Gasteiger partial charge is 0.308 e. The molecule has 1 amide bonds. The predicted molar refractivity (Wildman–Crippen MR) is 135 cm³/mol. The molecule has 0 aromatic heterocycles. The summed E-state index contributed by atoms with van der Waals surface area (Å²) in [6.07, 6.45) is 0.669. The Kier molecular flexibility index (Phi) is 8.63. The molecule has 0 saturated heterocycles. The van der Waals surface area contributed by atoms with Crippen molar-refractivity contribution in [3.05, 3.63) is 89.7 Å². The fourth-order valence-corrected chi connectivity index (χ4v) is 3.58. The zero-order valence-corrected chi connectivity index (χ0v) is 20.6. The predicted octanol–water partition coefficient (Wildman–Crippen LogP) is 6.48. The quantitative estimate of drug-likeness (QED) is 0.358. The Morgan fingerprint density at radius 2 is 1.60 bits per heavy atom. The summed E-state index contributed by atoms with van der Waals surface area (Å²) in [5.74, 6) is -0.234. The lowest BCUT2D eigenvalue weighted by Crippen LogP contribution is -2.29. The SMILES string of the molecule is CC[C@@H](Oc1ccc(C(=O)NCCC(=O)OC(C)(C)C)cc1)c1ccc(-c2ccccc2F)cc1. The lowest BCUT2D eigenvalue weighted by Gasteiger charge is -2.19. The van der Waals surface area contributed by atoms with Crippen molar-refractivity contribution in [2.24, 2.45) is 0 Å². The van der Waals surface area contributed by atoms with Gasteiger partial charge in [-0.05, 0) is 68.7 Å². The summed E-state index contributed by atoms with van der Waals surface area (Å²) < 4.78 is 25.4. The molecule has 0 fully saturated rings. The molecule has 6 heteroatoms. The van der Waals surface area contributed by atoms with Gasteiger partial charge in [0.25, 0.3) is 5.91 Å². The molecule has 0 heterocycles. The summed E-state index contributed by atoms with van der Waals surface area (Å²) in [5, 5.41) is 2.73. The molecule has 0 bridgehead atoms. The van der Waals surface area contributed by atoms with Crippen LogP contribution >= 0.6 is 0 Å². The Balaban J connectivity index is 1.56. The highest BCUT2D eigenvalue weighted by atomic mass is 19.1. The van der Waals surface area contributed by atoms with Crippen LogP contribution in [0.5, 0.6) is 5.75 Å². The molecule has 0 aliphatic carbocycles. The van der Waals surface area contributed by atoms with Crippen molar-refractivity contribution >= 4 is 11.9 Å². The minimum atomic E-state index is -0.547. The van der Waals surface area contributed by atoms with Crippen LogP contribution in [0.1, 0.15) is 62.6 Å². The zero-order valence-electron chi connectivity index (χ0n) is 20.6. The Morgan fingerprint density at radius 3 is 2.20 bits per heavy atom. The number of halogens is 1. The van der Waals surface area contributed by atoms with Gasteiger partial charge in [0.1, 0.15) is 23.3 Å². The van der Waals surface area contributed by atoms with E-state index in [2.05, 4.69) is 5.32 Å². The highest BCUT2D eigenvalue weighted by Crippen LogP contribution is 2.28. The number of carbonyl (C=O) groups is 2. The minimum absolute atomic E-state index is 0.109. The molecule has 0 unspecified atom stereocenters. The van der Waals surface area contributed by atoms with Gasteiger partial charge in [-0.1, -0.05) is 49.4 Å². The van der Waals surface area contributed by atoms with Gasteiger partial charge in [-0.2, -0.15) is 0 Å². The van der Waals surface area contributed by atoms with Crippen molar-refractivity contribution < 1.29 is 23.5 Å². The maximum absolute atomic E-state index is 14.1. The van der Waals surface area contributed by atoms with Crippen LogP contribution in [0.25, 0.3) is 11.1 Å². The summed E-state index contributed by atoms with van der Waals surface area (Å²) in [4.78, 5) is 24.1. The zero-order chi connectivity index (χ0) is 25.4. The molecule has 1 N–H and O–H groups in total. The van der Waals surface area contributed by atoms with Crippen LogP contribution in [-0.4, -0.2) is 24.0 Å². The number of carbonyl (C=O) groups excluding carboxylic acids is 2. The van der Waals surface area contributed by atoms with Gasteiger partial charge in [0.05, 0.1) is 6.42 Å². The average molecular weight is 478 g/mol. The summed E-state index contributed by atoms with van der Waals surface area (Å²) in [5.41, 5.74) is 2.28. The topological polar surface area (TPSA) is 64.6 Å². The summed E-state index contributed by atoms with van der Waals surface area (Å²) >= 11 is 0. The highest BCUT2D eigenvalue weighted by Gasteiger charge is 2.17. The van der Waals surface area contributed by atoms with E-state index in [-0.39, 0.29) is 36.8 Å². The Bertz CT molecular complexity index is 1130. The van der Waals surface area contributed by atoms with Crippen molar-refractivity contribution in [1.82, 2.24) is 5.32 Å². The van der Waals surface area contributed by atoms with Crippen LogP contribution in [0.4, 0.5) is 4.39 Å². The first-order valence-corrected chi connectivity index (χ1v) is 11.8. The normalized spacial score (nSPS) is 12.0. The van der Waals surface area contributed by atoms with Gasteiger partial charge in [-0.25, -0.2) is 4.39 Å². The van der Waals surface area contributed by atoms with Gasteiger partial charge >= 0.3 is 5.97 Å². The molecule has 3 rings (SSSR count). The first-order chi connectivity index (χ1) is 16.7. The van der Waals surface area contributed by atoms with E-state index in [1.165, 1.54) is 6.07 Å². The van der Waals surface area contributed by atoms with E-state index in [9.17, 15) is 14.0 Å². The molecule has 184 valence electrons. The number of benzene rings is 3. The second kappa shape index (κ2) is 11.6. The van der Waals surface area contributed by atoms with Gasteiger partial charge in [-0.3, -0.25) is 9.59 Å². The molecule has 35 heavy (non-hydrogen) atoms. The van der Waals surface area contributed by atoms with Crippen LogP contribution in [0.15, 0.2) is 72.8 Å². The number of ether oxygens (including phenoxy) is 2. The van der Waals surface area contributed by atoms with Crippen molar-refractivity contribution in [1.29, 1.82) is 0 Å². The minimum Gasteiger partial charge on any atom is -0.486 e. The first-order valence-electron chi connectivity index (χ1n) is 11.8.